The maximum atomic E-state index is 14.2. The van der Waals surface area contributed by atoms with E-state index in [1.165, 1.54) is 18.2 Å². The molecule has 1 aliphatic heterocycles. The molecular weight excluding hydrogens is 345 g/mol. The zero-order chi connectivity index (χ0) is 18.6. The number of hydrogen-bond acceptors (Lipinski definition) is 4. The van der Waals surface area contributed by atoms with Crippen molar-refractivity contribution in [3.8, 4) is 0 Å². The molecule has 0 radical (unpaired) electrons. The molecule has 0 bridgehead atoms. The first-order valence-electron chi connectivity index (χ1n) is 8.54. The summed E-state index contributed by atoms with van der Waals surface area (Å²) in [5, 5.41) is 0. The molecule has 1 amide bonds. The van der Waals surface area contributed by atoms with Gasteiger partial charge in [0.25, 0.3) is 0 Å². The molecule has 1 heterocycles. The van der Waals surface area contributed by atoms with Crippen molar-refractivity contribution in [2.24, 2.45) is 0 Å². The van der Waals surface area contributed by atoms with Gasteiger partial charge < -0.3 is 9.80 Å². The zero-order valence-electron chi connectivity index (χ0n) is 15.0. The predicted octanol–water partition coefficient (Wildman–Crippen LogP) is 1.53. The number of hydrogen-bond donors (Lipinski definition) is 0. The van der Waals surface area contributed by atoms with Crippen LogP contribution in [-0.2, 0) is 14.8 Å². The molecule has 0 N–H and O–H groups in total. The largest absolute Gasteiger partial charge is 0.338 e. The summed E-state index contributed by atoms with van der Waals surface area (Å²) in [4.78, 5) is 16.9. The van der Waals surface area contributed by atoms with Crippen molar-refractivity contribution in [1.29, 1.82) is 0 Å². The molecule has 0 unspecified atom stereocenters. The highest BCUT2D eigenvalue weighted by molar-refractivity contribution is 7.92. The van der Waals surface area contributed by atoms with Crippen LogP contribution in [-0.4, -0.2) is 69.1 Å². The fourth-order valence-corrected chi connectivity index (χ4v) is 4.35. The van der Waals surface area contributed by atoms with E-state index in [-0.39, 0.29) is 18.0 Å². The van der Waals surface area contributed by atoms with Crippen LogP contribution in [0.4, 0.5) is 10.1 Å². The van der Waals surface area contributed by atoms with Gasteiger partial charge in [0.2, 0.25) is 15.9 Å². The zero-order valence-corrected chi connectivity index (χ0v) is 15.8. The Bertz CT molecular complexity index is 703. The number of halogens is 1. The highest BCUT2D eigenvalue weighted by atomic mass is 32.2. The van der Waals surface area contributed by atoms with E-state index < -0.39 is 21.9 Å². The van der Waals surface area contributed by atoms with E-state index in [0.29, 0.717) is 13.1 Å². The van der Waals surface area contributed by atoms with Gasteiger partial charge in [-0.15, -0.1) is 0 Å². The lowest BCUT2D eigenvalue weighted by Crippen LogP contribution is -2.56. The lowest BCUT2D eigenvalue weighted by Gasteiger charge is -2.38. The monoisotopic (exact) mass is 371 g/mol. The number of rotatable bonds is 6. The Kier molecular flexibility index (Phi) is 6.40. The van der Waals surface area contributed by atoms with E-state index in [1.807, 2.05) is 0 Å². The summed E-state index contributed by atoms with van der Waals surface area (Å²) in [6.07, 6.45) is 1.28. The molecule has 0 aliphatic carbocycles. The number of amides is 1. The lowest BCUT2D eigenvalue weighted by molar-refractivity contribution is -0.134. The highest BCUT2D eigenvalue weighted by Crippen LogP contribution is 2.26. The number of para-hydroxylation sites is 1. The van der Waals surface area contributed by atoms with Crippen LogP contribution in [0.1, 0.15) is 20.3 Å². The fourth-order valence-electron chi connectivity index (χ4n) is 3.14. The smallest absolute Gasteiger partial charge is 0.246 e. The third-order valence-electron chi connectivity index (χ3n) is 4.53. The molecule has 2 rings (SSSR count). The normalized spacial score (nSPS) is 17.4. The van der Waals surface area contributed by atoms with Gasteiger partial charge in [-0.05, 0) is 25.1 Å². The molecule has 140 valence electrons. The Morgan fingerprint density at radius 1 is 1.20 bits per heavy atom. The molecule has 0 saturated carbocycles. The Morgan fingerprint density at radius 2 is 1.80 bits per heavy atom. The van der Waals surface area contributed by atoms with Crippen molar-refractivity contribution in [3.05, 3.63) is 30.1 Å². The summed E-state index contributed by atoms with van der Waals surface area (Å²) in [5.74, 6) is -0.929. The minimum absolute atomic E-state index is 0.0857. The van der Waals surface area contributed by atoms with Crippen LogP contribution in [0.3, 0.4) is 0 Å². The Labute approximate surface area is 149 Å². The standard InChI is InChI=1S/C17H26FN3O3S/c1-4-15(17(22)20-12-10-19(5-2)11-13-20)21(25(3,23)24)16-9-7-6-8-14(16)18/h6-9,15H,4-5,10-13H2,1-3H3/t15-/m1/s1. The van der Waals surface area contributed by atoms with Crippen LogP contribution in [0.15, 0.2) is 24.3 Å². The second kappa shape index (κ2) is 8.14. The van der Waals surface area contributed by atoms with Gasteiger partial charge in [0.05, 0.1) is 11.9 Å². The van der Waals surface area contributed by atoms with Gasteiger partial charge in [0, 0.05) is 26.2 Å². The quantitative estimate of drug-likeness (QED) is 0.761. The number of nitrogens with zero attached hydrogens (tertiary/aromatic N) is 3. The summed E-state index contributed by atoms with van der Waals surface area (Å²) in [6.45, 7) is 7.36. The third-order valence-corrected chi connectivity index (χ3v) is 5.70. The van der Waals surface area contributed by atoms with Crippen LogP contribution in [0.25, 0.3) is 0 Å². The van der Waals surface area contributed by atoms with E-state index in [0.717, 1.165) is 30.2 Å². The van der Waals surface area contributed by atoms with Crippen molar-refractivity contribution >= 4 is 21.6 Å². The van der Waals surface area contributed by atoms with Gasteiger partial charge in [-0.1, -0.05) is 26.0 Å². The van der Waals surface area contributed by atoms with Gasteiger partial charge in [0.1, 0.15) is 11.9 Å². The van der Waals surface area contributed by atoms with Crippen LogP contribution in [0.5, 0.6) is 0 Å². The molecule has 1 atom stereocenters. The molecule has 1 aliphatic rings. The number of carbonyl (C=O) groups is 1. The maximum Gasteiger partial charge on any atom is 0.246 e. The second-order valence-corrected chi connectivity index (χ2v) is 8.05. The maximum absolute atomic E-state index is 14.2. The highest BCUT2D eigenvalue weighted by Gasteiger charge is 2.36. The molecule has 0 aromatic heterocycles. The summed E-state index contributed by atoms with van der Waals surface area (Å²) >= 11 is 0. The average Bonchev–Trinajstić information content (AvgIpc) is 2.59. The molecule has 8 heteroatoms. The minimum Gasteiger partial charge on any atom is -0.338 e. The molecule has 0 spiro atoms. The summed E-state index contributed by atoms with van der Waals surface area (Å²) in [6, 6.07) is 4.70. The third kappa shape index (κ3) is 4.49. The van der Waals surface area contributed by atoms with Crippen molar-refractivity contribution in [3.63, 3.8) is 0 Å². The first-order valence-corrected chi connectivity index (χ1v) is 10.4. The second-order valence-electron chi connectivity index (χ2n) is 6.19. The van der Waals surface area contributed by atoms with Crippen LogP contribution in [0.2, 0.25) is 0 Å². The molecule has 1 saturated heterocycles. The Hall–Kier alpha value is -1.67. The number of anilines is 1. The van der Waals surface area contributed by atoms with Gasteiger partial charge in [-0.25, -0.2) is 12.8 Å². The minimum atomic E-state index is -3.82. The van der Waals surface area contributed by atoms with E-state index in [1.54, 1.807) is 17.9 Å². The van der Waals surface area contributed by atoms with E-state index in [4.69, 9.17) is 0 Å². The van der Waals surface area contributed by atoms with E-state index >= 15 is 0 Å². The Balaban J connectivity index is 2.31. The van der Waals surface area contributed by atoms with Crippen LogP contribution >= 0.6 is 0 Å². The molecule has 1 aromatic rings. The summed E-state index contributed by atoms with van der Waals surface area (Å²) in [7, 11) is -3.82. The first-order chi connectivity index (χ1) is 11.8. The average molecular weight is 371 g/mol. The summed E-state index contributed by atoms with van der Waals surface area (Å²) in [5.41, 5.74) is -0.0857. The number of carbonyl (C=O) groups excluding carboxylic acids is 1. The van der Waals surface area contributed by atoms with Crippen molar-refractivity contribution in [2.75, 3.05) is 43.3 Å². The topological polar surface area (TPSA) is 60.9 Å². The number of piperazine rings is 1. The van der Waals surface area contributed by atoms with Crippen molar-refractivity contribution in [2.45, 2.75) is 26.3 Å². The molecule has 25 heavy (non-hydrogen) atoms. The van der Waals surface area contributed by atoms with Gasteiger partial charge in [0.15, 0.2) is 0 Å². The van der Waals surface area contributed by atoms with Crippen LogP contribution < -0.4 is 4.31 Å². The van der Waals surface area contributed by atoms with Gasteiger partial charge >= 0.3 is 0 Å². The predicted molar refractivity (Wildman–Crippen MR) is 96.5 cm³/mol. The van der Waals surface area contributed by atoms with Crippen molar-refractivity contribution < 1.29 is 17.6 Å². The molecule has 6 nitrogen and oxygen atoms in total. The number of benzene rings is 1. The van der Waals surface area contributed by atoms with E-state index in [9.17, 15) is 17.6 Å². The first kappa shape index (κ1) is 19.7. The number of sulfonamides is 1. The molecule has 1 aromatic carbocycles. The lowest BCUT2D eigenvalue weighted by atomic mass is 10.1. The van der Waals surface area contributed by atoms with Crippen LogP contribution in [0, 0.1) is 5.82 Å². The van der Waals surface area contributed by atoms with Gasteiger partial charge in [-0.2, -0.15) is 0 Å². The SMILES string of the molecule is CC[C@H](C(=O)N1CCN(CC)CC1)N(c1ccccc1F)S(C)(=O)=O. The summed E-state index contributed by atoms with van der Waals surface area (Å²) < 4.78 is 39.9. The molecule has 1 fully saturated rings. The van der Waals surface area contributed by atoms with E-state index in [2.05, 4.69) is 11.8 Å². The van der Waals surface area contributed by atoms with Crippen molar-refractivity contribution in [1.82, 2.24) is 9.80 Å². The molecular formula is C17H26FN3O3S. The van der Waals surface area contributed by atoms with Gasteiger partial charge in [-0.3, -0.25) is 9.10 Å². The number of likely N-dealkylation sites (N-methyl/N-ethyl adjacent to an activating group) is 1. The fraction of sp³-hybridized carbons (Fsp3) is 0.588. The Morgan fingerprint density at radius 3 is 2.28 bits per heavy atom.